The second-order valence-electron chi connectivity index (χ2n) is 4.20. The zero-order valence-electron chi connectivity index (χ0n) is 8.93. The lowest BCUT2D eigenvalue weighted by atomic mass is 10.2. The van der Waals surface area contributed by atoms with Gasteiger partial charge in [0.25, 0.3) is 0 Å². The number of benzene rings is 1. The van der Waals surface area contributed by atoms with Crippen molar-refractivity contribution in [3.8, 4) is 0 Å². The molecule has 1 unspecified atom stereocenters. The first-order valence-corrected chi connectivity index (χ1v) is 5.97. The van der Waals surface area contributed by atoms with Crippen LogP contribution in [0.4, 0.5) is 8.78 Å². The lowest BCUT2D eigenvalue weighted by molar-refractivity contribution is 0.262. The molecule has 1 aromatic rings. The van der Waals surface area contributed by atoms with E-state index in [9.17, 15) is 8.78 Å². The first kappa shape index (κ1) is 11.8. The van der Waals surface area contributed by atoms with E-state index >= 15 is 0 Å². The molecule has 0 N–H and O–H groups in total. The van der Waals surface area contributed by atoms with E-state index in [1.54, 1.807) is 0 Å². The van der Waals surface area contributed by atoms with Crippen LogP contribution in [-0.4, -0.2) is 23.4 Å². The second kappa shape index (κ2) is 5.11. The molecule has 1 saturated heterocycles. The van der Waals surface area contributed by atoms with Crippen molar-refractivity contribution in [2.45, 2.75) is 25.4 Å². The summed E-state index contributed by atoms with van der Waals surface area (Å²) in [5.41, 5.74) is 0.675. The highest BCUT2D eigenvalue weighted by Crippen LogP contribution is 2.21. The summed E-state index contributed by atoms with van der Waals surface area (Å²) in [5.74, 6) is -0.453. The fourth-order valence-electron chi connectivity index (χ4n) is 2.21. The van der Waals surface area contributed by atoms with E-state index in [2.05, 4.69) is 4.90 Å². The van der Waals surface area contributed by atoms with Crippen LogP contribution in [0, 0.1) is 11.6 Å². The zero-order valence-corrected chi connectivity index (χ0v) is 9.68. The molecule has 0 spiro atoms. The molecule has 88 valence electrons. The fourth-order valence-corrected chi connectivity index (χ4v) is 2.56. The van der Waals surface area contributed by atoms with Crippen LogP contribution < -0.4 is 0 Å². The van der Waals surface area contributed by atoms with Gasteiger partial charge >= 0.3 is 0 Å². The number of halogens is 3. The van der Waals surface area contributed by atoms with Gasteiger partial charge in [-0.1, -0.05) is 0 Å². The van der Waals surface area contributed by atoms with E-state index in [4.69, 9.17) is 11.6 Å². The van der Waals surface area contributed by atoms with Gasteiger partial charge in [-0.2, -0.15) is 0 Å². The molecule has 1 aliphatic rings. The number of hydrogen-bond donors (Lipinski definition) is 0. The van der Waals surface area contributed by atoms with Gasteiger partial charge < -0.3 is 0 Å². The van der Waals surface area contributed by atoms with Crippen LogP contribution in [0.1, 0.15) is 18.4 Å². The van der Waals surface area contributed by atoms with Crippen LogP contribution in [0.2, 0.25) is 0 Å². The molecule has 1 aliphatic heterocycles. The standard InChI is InChI=1S/C12H14ClF2N/c13-7-12-2-1-3-16(12)8-9-4-10(14)6-11(15)5-9/h4-6,12H,1-3,7-8H2. The minimum Gasteiger partial charge on any atom is -0.295 e. The average Bonchev–Trinajstić information content (AvgIpc) is 2.63. The summed E-state index contributed by atoms with van der Waals surface area (Å²) >= 11 is 5.84. The summed E-state index contributed by atoms with van der Waals surface area (Å²) < 4.78 is 26.0. The molecule has 0 aliphatic carbocycles. The molecule has 16 heavy (non-hydrogen) atoms. The number of alkyl halides is 1. The third-order valence-electron chi connectivity index (χ3n) is 2.99. The Kier molecular flexibility index (Phi) is 3.77. The van der Waals surface area contributed by atoms with Crippen molar-refractivity contribution in [2.75, 3.05) is 12.4 Å². The number of rotatable bonds is 3. The Morgan fingerprint density at radius 3 is 2.56 bits per heavy atom. The van der Waals surface area contributed by atoms with Crippen molar-refractivity contribution in [2.24, 2.45) is 0 Å². The summed E-state index contributed by atoms with van der Waals surface area (Å²) in [6.07, 6.45) is 2.18. The fraction of sp³-hybridized carbons (Fsp3) is 0.500. The van der Waals surface area contributed by atoms with Crippen molar-refractivity contribution < 1.29 is 8.78 Å². The highest BCUT2D eigenvalue weighted by molar-refractivity contribution is 6.18. The summed E-state index contributed by atoms with van der Waals surface area (Å²) in [6, 6.07) is 4.00. The number of likely N-dealkylation sites (tertiary alicyclic amines) is 1. The van der Waals surface area contributed by atoms with Crippen LogP contribution in [0.15, 0.2) is 18.2 Å². The second-order valence-corrected chi connectivity index (χ2v) is 4.51. The molecule has 0 bridgehead atoms. The first-order valence-electron chi connectivity index (χ1n) is 5.44. The summed E-state index contributed by atoms with van der Waals surface area (Å²) in [7, 11) is 0. The topological polar surface area (TPSA) is 3.24 Å². The summed E-state index contributed by atoms with van der Waals surface area (Å²) in [5, 5.41) is 0. The van der Waals surface area contributed by atoms with Crippen LogP contribution in [0.5, 0.6) is 0 Å². The van der Waals surface area contributed by atoms with Crippen molar-refractivity contribution >= 4 is 11.6 Å². The number of hydrogen-bond acceptors (Lipinski definition) is 1. The Morgan fingerprint density at radius 2 is 1.94 bits per heavy atom. The smallest absolute Gasteiger partial charge is 0.126 e. The lowest BCUT2D eigenvalue weighted by Crippen LogP contribution is -2.30. The van der Waals surface area contributed by atoms with Crippen molar-refractivity contribution in [1.29, 1.82) is 0 Å². The first-order chi connectivity index (χ1) is 7.69. The lowest BCUT2D eigenvalue weighted by Gasteiger charge is -2.22. The predicted molar refractivity (Wildman–Crippen MR) is 60.5 cm³/mol. The third-order valence-corrected chi connectivity index (χ3v) is 3.34. The van der Waals surface area contributed by atoms with Crippen molar-refractivity contribution in [1.82, 2.24) is 4.90 Å². The quantitative estimate of drug-likeness (QED) is 0.740. The highest BCUT2D eigenvalue weighted by atomic mass is 35.5. The van der Waals surface area contributed by atoms with Gasteiger partial charge in [0.15, 0.2) is 0 Å². The van der Waals surface area contributed by atoms with Gasteiger partial charge in [0.05, 0.1) is 0 Å². The normalized spacial score (nSPS) is 21.6. The molecule has 1 fully saturated rings. The maximum Gasteiger partial charge on any atom is 0.126 e. The Bertz CT molecular complexity index is 350. The molecule has 1 atom stereocenters. The number of nitrogens with zero attached hydrogens (tertiary/aromatic N) is 1. The highest BCUT2D eigenvalue weighted by Gasteiger charge is 2.23. The summed E-state index contributed by atoms with van der Waals surface area (Å²) in [6.45, 7) is 1.53. The molecule has 0 aromatic heterocycles. The average molecular weight is 246 g/mol. The van der Waals surface area contributed by atoms with Crippen LogP contribution in [0.3, 0.4) is 0 Å². The molecule has 2 rings (SSSR count). The summed E-state index contributed by atoms with van der Waals surface area (Å²) in [4.78, 5) is 2.18. The van der Waals surface area contributed by atoms with Gasteiger partial charge in [0.2, 0.25) is 0 Å². The van der Waals surface area contributed by atoms with Crippen molar-refractivity contribution in [3.05, 3.63) is 35.4 Å². The van der Waals surface area contributed by atoms with Gasteiger partial charge in [0, 0.05) is 24.5 Å². The zero-order chi connectivity index (χ0) is 11.5. The molecule has 0 amide bonds. The van der Waals surface area contributed by atoms with E-state index in [0.717, 1.165) is 25.5 Å². The van der Waals surface area contributed by atoms with E-state index in [1.807, 2.05) is 0 Å². The maximum atomic E-state index is 13.0. The van der Waals surface area contributed by atoms with Crippen LogP contribution >= 0.6 is 11.6 Å². The Hall–Kier alpha value is -0.670. The van der Waals surface area contributed by atoms with Gasteiger partial charge in [0.1, 0.15) is 11.6 Å². The van der Waals surface area contributed by atoms with Gasteiger partial charge in [-0.15, -0.1) is 11.6 Å². The Morgan fingerprint density at radius 1 is 1.25 bits per heavy atom. The van der Waals surface area contributed by atoms with Crippen LogP contribution in [-0.2, 0) is 6.54 Å². The third kappa shape index (κ3) is 2.71. The molecular formula is C12H14ClF2N. The largest absolute Gasteiger partial charge is 0.295 e. The van der Waals surface area contributed by atoms with E-state index < -0.39 is 11.6 Å². The minimum absolute atomic E-state index is 0.341. The van der Waals surface area contributed by atoms with Crippen molar-refractivity contribution in [3.63, 3.8) is 0 Å². The molecule has 1 aromatic carbocycles. The maximum absolute atomic E-state index is 13.0. The van der Waals surface area contributed by atoms with Gasteiger partial charge in [-0.05, 0) is 37.1 Å². The van der Waals surface area contributed by atoms with Gasteiger partial charge in [-0.25, -0.2) is 8.78 Å². The van der Waals surface area contributed by atoms with E-state index in [0.29, 0.717) is 24.0 Å². The molecule has 4 heteroatoms. The Labute approximate surface area is 99.0 Å². The molecule has 1 nitrogen and oxygen atoms in total. The molecule has 0 saturated carbocycles. The SMILES string of the molecule is Fc1cc(F)cc(CN2CCCC2CCl)c1. The molecule has 1 heterocycles. The van der Waals surface area contributed by atoms with Gasteiger partial charge in [-0.3, -0.25) is 4.90 Å². The minimum atomic E-state index is -0.517. The molecular weight excluding hydrogens is 232 g/mol. The Balaban J connectivity index is 2.08. The van der Waals surface area contributed by atoms with E-state index in [-0.39, 0.29) is 0 Å². The van der Waals surface area contributed by atoms with E-state index in [1.165, 1.54) is 12.1 Å². The van der Waals surface area contributed by atoms with Crippen LogP contribution in [0.25, 0.3) is 0 Å². The predicted octanol–water partition coefficient (Wildman–Crippen LogP) is 3.17. The molecule has 0 radical (unpaired) electrons. The monoisotopic (exact) mass is 245 g/mol.